The summed E-state index contributed by atoms with van der Waals surface area (Å²) < 4.78 is 5.22. The third kappa shape index (κ3) is 5.54. The zero-order valence-electron chi connectivity index (χ0n) is 13.6. The van der Waals surface area contributed by atoms with Crippen LogP contribution in [-0.4, -0.2) is 21.7 Å². The predicted octanol–water partition coefficient (Wildman–Crippen LogP) is 4.55. The van der Waals surface area contributed by atoms with E-state index in [1.54, 1.807) is 0 Å². The minimum Gasteiger partial charge on any atom is -0.444 e. The second-order valence-corrected chi connectivity index (χ2v) is 6.72. The molecule has 0 aliphatic rings. The molecule has 24 heavy (non-hydrogen) atoms. The SMILES string of the molecule is CC(C)(C)OC(=O)NCc1ccccc1Nc1nc(Cl)ncc1Cl. The lowest BCUT2D eigenvalue weighted by Crippen LogP contribution is -2.32. The third-order valence-electron chi connectivity index (χ3n) is 2.81. The maximum Gasteiger partial charge on any atom is 0.407 e. The fourth-order valence-corrected chi connectivity index (χ4v) is 2.11. The molecule has 1 amide bonds. The summed E-state index contributed by atoms with van der Waals surface area (Å²) in [5.74, 6) is 0.390. The Balaban J connectivity index is 2.10. The van der Waals surface area contributed by atoms with Crippen LogP contribution in [0.25, 0.3) is 0 Å². The van der Waals surface area contributed by atoms with Crippen molar-refractivity contribution in [2.45, 2.75) is 32.9 Å². The molecule has 1 aromatic carbocycles. The summed E-state index contributed by atoms with van der Waals surface area (Å²) in [5, 5.41) is 6.24. The van der Waals surface area contributed by atoms with Crippen molar-refractivity contribution in [2.75, 3.05) is 5.32 Å². The van der Waals surface area contributed by atoms with Crippen molar-refractivity contribution in [3.8, 4) is 0 Å². The average Bonchev–Trinajstić information content (AvgIpc) is 2.48. The lowest BCUT2D eigenvalue weighted by Gasteiger charge is -2.20. The molecule has 2 rings (SSSR count). The van der Waals surface area contributed by atoms with Gasteiger partial charge in [-0.3, -0.25) is 0 Å². The Kier molecular flexibility index (Phi) is 5.85. The fraction of sp³-hybridized carbons (Fsp3) is 0.312. The number of amides is 1. The molecule has 0 radical (unpaired) electrons. The Morgan fingerprint density at radius 1 is 1.25 bits per heavy atom. The normalized spacial score (nSPS) is 11.0. The van der Waals surface area contributed by atoms with Gasteiger partial charge in [0.15, 0.2) is 5.82 Å². The molecule has 0 bridgehead atoms. The standard InChI is InChI=1S/C16H18Cl2N4O2/c1-16(2,3)24-15(23)20-8-10-6-4-5-7-12(10)21-13-11(17)9-19-14(18)22-13/h4-7,9H,8H2,1-3H3,(H,20,23)(H,19,21,22). The molecule has 1 aromatic heterocycles. The van der Waals surface area contributed by atoms with E-state index in [-0.39, 0.29) is 11.8 Å². The molecule has 1 heterocycles. The number of alkyl carbamates (subject to hydrolysis) is 1. The van der Waals surface area contributed by atoms with Gasteiger partial charge in [-0.1, -0.05) is 29.8 Å². The summed E-state index contributed by atoms with van der Waals surface area (Å²) >= 11 is 11.9. The highest BCUT2D eigenvalue weighted by atomic mass is 35.5. The van der Waals surface area contributed by atoms with Gasteiger partial charge in [0.1, 0.15) is 10.6 Å². The number of anilines is 2. The van der Waals surface area contributed by atoms with Crippen molar-refractivity contribution in [2.24, 2.45) is 0 Å². The molecule has 0 aliphatic heterocycles. The summed E-state index contributed by atoms with van der Waals surface area (Å²) in [6, 6.07) is 7.44. The first-order chi connectivity index (χ1) is 11.2. The highest BCUT2D eigenvalue weighted by Gasteiger charge is 2.16. The van der Waals surface area contributed by atoms with E-state index in [4.69, 9.17) is 27.9 Å². The number of hydrogen-bond acceptors (Lipinski definition) is 5. The quantitative estimate of drug-likeness (QED) is 0.774. The number of para-hydroxylation sites is 1. The van der Waals surface area contributed by atoms with Crippen LogP contribution in [0.4, 0.5) is 16.3 Å². The van der Waals surface area contributed by atoms with Gasteiger partial charge in [0.2, 0.25) is 5.28 Å². The van der Waals surface area contributed by atoms with Crippen molar-refractivity contribution < 1.29 is 9.53 Å². The predicted molar refractivity (Wildman–Crippen MR) is 94.9 cm³/mol. The Morgan fingerprint density at radius 3 is 2.67 bits per heavy atom. The lowest BCUT2D eigenvalue weighted by atomic mass is 10.1. The summed E-state index contributed by atoms with van der Waals surface area (Å²) in [6.45, 7) is 5.71. The molecule has 0 spiro atoms. The van der Waals surface area contributed by atoms with E-state index in [2.05, 4.69) is 20.6 Å². The van der Waals surface area contributed by atoms with Crippen LogP contribution < -0.4 is 10.6 Å². The van der Waals surface area contributed by atoms with Crippen LogP contribution in [0.5, 0.6) is 0 Å². The van der Waals surface area contributed by atoms with Gasteiger partial charge in [-0.25, -0.2) is 9.78 Å². The number of halogens is 2. The maximum atomic E-state index is 11.8. The summed E-state index contributed by atoms with van der Waals surface area (Å²) in [4.78, 5) is 19.6. The number of carbonyl (C=O) groups excluding carboxylic acids is 1. The molecule has 0 atom stereocenters. The summed E-state index contributed by atoms with van der Waals surface area (Å²) in [7, 11) is 0. The van der Waals surface area contributed by atoms with Gasteiger partial charge in [-0.2, -0.15) is 4.98 Å². The van der Waals surface area contributed by atoms with Crippen LogP contribution in [0, 0.1) is 0 Å². The summed E-state index contributed by atoms with van der Waals surface area (Å²) in [6.07, 6.45) is 0.932. The van der Waals surface area contributed by atoms with Crippen LogP contribution in [-0.2, 0) is 11.3 Å². The maximum absolute atomic E-state index is 11.8. The van der Waals surface area contributed by atoms with Crippen LogP contribution in [0.1, 0.15) is 26.3 Å². The number of benzene rings is 1. The Bertz CT molecular complexity index is 732. The average molecular weight is 369 g/mol. The molecule has 0 saturated carbocycles. The van der Waals surface area contributed by atoms with Crippen LogP contribution in [0.2, 0.25) is 10.3 Å². The molecule has 8 heteroatoms. The monoisotopic (exact) mass is 368 g/mol. The number of hydrogen-bond donors (Lipinski definition) is 2. The zero-order chi connectivity index (χ0) is 17.7. The van der Waals surface area contributed by atoms with E-state index in [0.717, 1.165) is 11.3 Å². The minimum atomic E-state index is -0.549. The minimum absolute atomic E-state index is 0.0891. The second kappa shape index (κ2) is 7.68. The van der Waals surface area contributed by atoms with Gasteiger partial charge >= 0.3 is 6.09 Å². The molecule has 128 valence electrons. The van der Waals surface area contributed by atoms with Crippen molar-refractivity contribution in [3.63, 3.8) is 0 Å². The highest BCUT2D eigenvalue weighted by molar-refractivity contribution is 6.33. The van der Waals surface area contributed by atoms with Gasteiger partial charge in [0.05, 0.1) is 6.20 Å². The highest BCUT2D eigenvalue weighted by Crippen LogP contribution is 2.25. The van der Waals surface area contributed by atoms with E-state index in [1.807, 2.05) is 45.0 Å². The molecule has 2 N–H and O–H groups in total. The molecule has 0 fully saturated rings. The zero-order valence-corrected chi connectivity index (χ0v) is 15.1. The van der Waals surface area contributed by atoms with Crippen molar-refractivity contribution >= 4 is 40.8 Å². The first-order valence-corrected chi connectivity index (χ1v) is 8.00. The largest absolute Gasteiger partial charge is 0.444 e. The Morgan fingerprint density at radius 2 is 1.96 bits per heavy atom. The van der Waals surface area contributed by atoms with Gasteiger partial charge in [0.25, 0.3) is 0 Å². The molecule has 2 aromatic rings. The summed E-state index contributed by atoms with van der Waals surface area (Å²) in [5.41, 5.74) is 1.03. The smallest absolute Gasteiger partial charge is 0.407 e. The molecule has 0 unspecified atom stereocenters. The van der Waals surface area contributed by atoms with Crippen LogP contribution in [0.15, 0.2) is 30.5 Å². The van der Waals surface area contributed by atoms with Crippen molar-refractivity contribution in [1.82, 2.24) is 15.3 Å². The Labute approximate surface area is 150 Å². The van der Waals surface area contributed by atoms with E-state index in [1.165, 1.54) is 6.20 Å². The fourth-order valence-electron chi connectivity index (χ4n) is 1.84. The topological polar surface area (TPSA) is 76.1 Å². The van der Waals surface area contributed by atoms with Crippen molar-refractivity contribution in [1.29, 1.82) is 0 Å². The van der Waals surface area contributed by atoms with Gasteiger partial charge in [0, 0.05) is 12.2 Å². The number of rotatable bonds is 4. The third-order valence-corrected chi connectivity index (χ3v) is 3.27. The first kappa shape index (κ1) is 18.3. The molecule has 6 nitrogen and oxygen atoms in total. The van der Waals surface area contributed by atoms with Crippen LogP contribution >= 0.6 is 23.2 Å². The van der Waals surface area contributed by atoms with Gasteiger partial charge in [-0.15, -0.1) is 0 Å². The Hall–Kier alpha value is -2.05. The van der Waals surface area contributed by atoms with Gasteiger partial charge in [-0.05, 0) is 44.0 Å². The lowest BCUT2D eigenvalue weighted by molar-refractivity contribution is 0.0523. The van der Waals surface area contributed by atoms with E-state index < -0.39 is 11.7 Å². The number of ether oxygens (including phenoxy) is 1. The van der Waals surface area contributed by atoms with Crippen molar-refractivity contribution in [3.05, 3.63) is 46.3 Å². The van der Waals surface area contributed by atoms with Crippen LogP contribution in [0.3, 0.4) is 0 Å². The van der Waals surface area contributed by atoms with Gasteiger partial charge < -0.3 is 15.4 Å². The number of carbonyl (C=O) groups is 1. The van der Waals surface area contributed by atoms with E-state index in [9.17, 15) is 4.79 Å². The number of nitrogens with zero attached hydrogens (tertiary/aromatic N) is 2. The molecule has 0 aliphatic carbocycles. The molecular formula is C16H18Cl2N4O2. The van der Waals surface area contributed by atoms with E-state index in [0.29, 0.717) is 10.8 Å². The van der Waals surface area contributed by atoms with E-state index >= 15 is 0 Å². The second-order valence-electron chi connectivity index (χ2n) is 5.97. The first-order valence-electron chi connectivity index (χ1n) is 7.24. The molecular weight excluding hydrogens is 351 g/mol. The number of aromatic nitrogens is 2. The number of nitrogens with one attached hydrogen (secondary N) is 2. The molecule has 0 saturated heterocycles.